The van der Waals surface area contributed by atoms with Crippen LogP contribution >= 0.6 is 11.6 Å². The highest BCUT2D eigenvalue weighted by atomic mass is 35.5. The van der Waals surface area contributed by atoms with Gasteiger partial charge in [0.05, 0.1) is 0 Å². The van der Waals surface area contributed by atoms with E-state index in [9.17, 15) is 15.2 Å². The summed E-state index contributed by atoms with van der Waals surface area (Å²) < 4.78 is 1.81. The maximum Gasteiger partial charge on any atom is 0.266 e. The fraction of sp³-hybridized carbons (Fsp3) is 0.0476. The minimum Gasteiger partial charge on any atom is -0.508 e. The SMILES string of the molecule is Cc1ccc(Cl)cc1NC(=O)/C(C#N)=C\c1cccn1-c1ccc(O)cc1. The topological polar surface area (TPSA) is 78.0 Å². The van der Waals surface area contributed by atoms with Crippen molar-refractivity contribution >= 4 is 29.3 Å². The largest absolute Gasteiger partial charge is 0.508 e. The normalized spacial score (nSPS) is 11.1. The van der Waals surface area contributed by atoms with E-state index in [4.69, 9.17) is 11.6 Å². The second-order valence-corrected chi connectivity index (χ2v) is 6.34. The number of aromatic nitrogens is 1. The van der Waals surface area contributed by atoms with Crippen molar-refractivity contribution in [3.8, 4) is 17.5 Å². The third-order valence-corrected chi connectivity index (χ3v) is 4.25. The smallest absolute Gasteiger partial charge is 0.266 e. The Balaban J connectivity index is 1.90. The Morgan fingerprint density at radius 2 is 1.96 bits per heavy atom. The van der Waals surface area contributed by atoms with Crippen molar-refractivity contribution in [3.05, 3.63) is 82.6 Å². The number of benzene rings is 2. The Kier molecular flexibility index (Phi) is 5.30. The number of aromatic hydroxyl groups is 1. The van der Waals surface area contributed by atoms with E-state index < -0.39 is 5.91 Å². The van der Waals surface area contributed by atoms with Crippen LogP contribution in [0.2, 0.25) is 5.02 Å². The van der Waals surface area contributed by atoms with Gasteiger partial charge in [0.1, 0.15) is 17.4 Å². The Hall–Kier alpha value is -3.49. The highest BCUT2D eigenvalue weighted by Gasteiger charge is 2.13. The summed E-state index contributed by atoms with van der Waals surface area (Å²) in [5.74, 6) is -0.349. The number of nitrogens with zero attached hydrogens (tertiary/aromatic N) is 2. The third kappa shape index (κ3) is 4.20. The first-order valence-electron chi connectivity index (χ1n) is 8.14. The average molecular weight is 378 g/mol. The van der Waals surface area contributed by atoms with Gasteiger partial charge >= 0.3 is 0 Å². The minimum absolute atomic E-state index is 0.0342. The molecule has 6 heteroatoms. The second kappa shape index (κ2) is 7.81. The van der Waals surface area contributed by atoms with E-state index in [2.05, 4.69) is 5.32 Å². The van der Waals surface area contributed by atoms with Crippen LogP contribution in [0.15, 0.2) is 66.4 Å². The van der Waals surface area contributed by atoms with Gasteiger partial charge < -0.3 is 15.0 Å². The van der Waals surface area contributed by atoms with Crippen molar-refractivity contribution in [2.75, 3.05) is 5.32 Å². The van der Waals surface area contributed by atoms with Crippen LogP contribution in [0.25, 0.3) is 11.8 Å². The zero-order chi connectivity index (χ0) is 19.4. The molecular formula is C21H16ClN3O2. The molecule has 0 aliphatic heterocycles. The molecule has 0 saturated heterocycles. The van der Waals surface area contributed by atoms with Gasteiger partial charge in [-0.1, -0.05) is 17.7 Å². The molecule has 134 valence electrons. The van der Waals surface area contributed by atoms with Crippen LogP contribution in [0.3, 0.4) is 0 Å². The lowest BCUT2D eigenvalue weighted by Gasteiger charge is -2.09. The summed E-state index contributed by atoms with van der Waals surface area (Å²) >= 11 is 5.98. The molecule has 2 N–H and O–H groups in total. The molecule has 0 bridgehead atoms. The van der Waals surface area contributed by atoms with Crippen molar-refractivity contribution in [2.24, 2.45) is 0 Å². The van der Waals surface area contributed by atoms with Gasteiger partial charge in [-0.3, -0.25) is 4.79 Å². The Labute approximate surface area is 161 Å². The van der Waals surface area contributed by atoms with Crippen LogP contribution in [0, 0.1) is 18.3 Å². The molecule has 1 amide bonds. The Morgan fingerprint density at radius 1 is 1.22 bits per heavy atom. The number of nitriles is 1. The number of hydrogen-bond donors (Lipinski definition) is 2. The number of hydrogen-bond acceptors (Lipinski definition) is 3. The molecule has 0 saturated carbocycles. The molecule has 3 rings (SSSR count). The zero-order valence-electron chi connectivity index (χ0n) is 14.5. The standard InChI is InChI=1S/C21H16ClN3O2/c1-14-4-5-16(22)12-20(14)24-21(27)15(13-23)11-18-3-2-10-25(18)17-6-8-19(26)9-7-17/h2-12,26H,1H3,(H,24,27)/b15-11-. The highest BCUT2D eigenvalue weighted by molar-refractivity contribution is 6.31. The monoisotopic (exact) mass is 377 g/mol. The first-order valence-corrected chi connectivity index (χ1v) is 8.52. The van der Waals surface area contributed by atoms with E-state index in [0.717, 1.165) is 11.3 Å². The van der Waals surface area contributed by atoms with Crippen LogP contribution in [-0.4, -0.2) is 15.6 Å². The molecule has 1 aromatic heterocycles. The lowest BCUT2D eigenvalue weighted by atomic mass is 10.1. The summed E-state index contributed by atoms with van der Waals surface area (Å²) in [7, 11) is 0. The zero-order valence-corrected chi connectivity index (χ0v) is 15.2. The first-order chi connectivity index (χ1) is 13.0. The van der Waals surface area contributed by atoms with Crippen molar-refractivity contribution in [3.63, 3.8) is 0 Å². The predicted molar refractivity (Wildman–Crippen MR) is 106 cm³/mol. The number of amides is 1. The van der Waals surface area contributed by atoms with Crippen LogP contribution < -0.4 is 5.32 Å². The molecule has 0 unspecified atom stereocenters. The molecule has 0 aliphatic carbocycles. The molecule has 0 fully saturated rings. The lowest BCUT2D eigenvalue weighted by Crippen LogP contribution is -2.14. The van der Waals surface area contributed by atoms with Crippen molar-refractivity contribution in [2.45, 2.75) is 6.92 Å². The van der Waals surface area contributed by atoms with E-state index in [1.807, 2.05) is 29.8 Å². The van der Waals surface area contributed by atoms with Gasteiger partial charge in [0.15, 0.2) is 0 Å². The number of rotatable bonds is 4. The number of phenolic OH excluding ortho intramolecular Hbond substituents is 1. The summed E-state index contributed by atoms with van der Waals surface area (Å²) in [4.78, 5) is 12.5. The fourth-order valence-corrected chi connectivity index (χ4v) is 2.75. The second-order valence-electron chi connectivity index (χ2n) is 5.90. The lowest BCUT2D eigenvalue weighted by molar-refractivity contribution is -0.112. The van der Waals surface area contributed by atoms with E-state index in [0.29, 0.717) is 16.4 Å². The molecule has 3 aromatic rings. The number of anilines is 1. The van der Waals surface area contributed by atoms with Gasteiger partial charge in [-0.2, -0.15) is 5.26 Å². The quantitative estimate of drug-likeness (QED) is 0.511. The summed E-state index contributed by atoms with van der Waals surface area (Å²) in [6.45, 7) is 1.84. The summed E-state index contributed by atoms with van der Waals surface area (Å²) in [5.41, 5.74) is 2.83. The third-order valence-electron chi connectivity index (χ3n) is 4.01. The van der Waals surface area contributed by atoms with E-state index >= 15 is 0 Å². The van der Waals surface area contributed by atoms with Crippen LogP contribution in [-0.2, 0) is 4.79 Å². The van der Waals surface area contributed by atoms with E-state index in [1.54, 1.807) is 48.5 Å². The van der Waals surface area contributed by atoms with Gasteiger partial charge in [0.2, 0.25) is 0 Å². The van der Waals surface area contributed by atoms with Gasteiger partial charge in [-0.15, -0.1) is 0 Å². The summed E-state index contributed by atoms with van der Waals surface area (Å²) in [5, 5.41) is 22.1. The Morgan fingerprint density at radius 3 is 2.67 bits per heavy atom. The van der Waals surface area contributed by atoms with E-state index in [1.165, 1.54) is 6.08 Å². The molecule has 0 atom stereocenters. The summed E-state index contributed by atoms with van der Waals surface area (Å²) in [6.07, 6.45) is 3.33. The van der Waals surface area contributed by atoms with Crippen molar-refractivity contribution in [1.82, 2.24) is 4.57 Å². The van der Waals surface area contributed by atoms with Crippen molar-refractivity contribution < 1.29 is 9.90 Å². The molecule has 5 nitrogen and oxygen atoms in total. The Bertz CT molecular complexity index is 1060. The number of carbonyl (C=O) groups excluding carboxylic acids is 1. The number of halogens is 1. The average Bonchev–Trinajstić information content (AvgIpc) is 3.11. The van der Waals surface area contributed by atoms with Gasteiger partial charge in [0, 0.05) is 28.3 Å². The number of aryl methyl sites for hydroxylation is 1. The fourth-order valence-electron chi connectivity index (χ4n) is 2.58. The number of carbonyl (C=O) groups is 1. The van der Waals surface area contributed by atoms with Gasteiger partial charge in [-0.25, -0.2) is 0 Å². The molecule has 0 aliphatic rings. The maximum atomic E-state index is 12.5. The van der Waals surface area contributed by atoms with E-state index in [-0.39, 0.29) is 11.3 Å². The minimum atomic E-state index is -0.513. The molecular weight excluding hydrogens is 362 g/mol. The number of phenols is 1. The number of nitrogens with one attached hydrogen (secondary N) is 1. The molecule has 0 spiro atoms. The van der Waals surface area contributed by atoms with Gasteiger partial charge in [0.25, 0.3) is 5.91 Å². The molecule has 0 radical (unpaired) electrons. The predicted octanol–water partition coefficient (Wildman–Crippen LogP) is 4.69. The molecule has 1 heterocycles. The van der Waals surface area contributed by atoms with Crippen LogP contribution in [0.4, 0.5) is 5.69 Å². The first kappa shape index (κ1) is 18.3. The molecule has 27 heavy (non-hydrogen) atoms. The summed E-state index contributed by atoms with van der Waals surface area (Å²) in [6, 6.07) is 17.4. The van der Waals surface area contributed by atoms with Crippen LogP contribution in [0.5, 0.6) is 5.75 Å². The van der Waals surface area contributed by atoms with Crippen molar-refractivity contribution in [1.29, 1.82) is 5.26 Å². The highest BCUT2D eigenvalue weighted by Crippen LogP contribution is 2.22. The maximum absolute atomic E-state index is 12.5. The van der Waals surface area contributed by atoms with Gasteiger partial charge in [-0.05, 0) is 67.1 Å². The molecule has 2 aromatic carbocycles. The van der Waals surface area contributed by atoms with Crippen LogP contribution in [0.1, 0.15) is 11.3 Å².